The van der Waals surface area contributed by atoms with Crippen molar-refractivity contribution in [3.8, 4) is 34.3 Å². The molecule has 2 heterocycles. The van der Waals surface area contributed by atoms with Gasteiger partial charge in [0, 0.05) is 16.5 Å². The molecule has 0 saturated heterocycles. The molecular weight excluding hydrogens is 372 g/mol. The lowest BCUT2D eigenvalue weighted by Crippen LogP contribution is -2.02. The topological polar surface area (TPSA) is 87.6 Å². The Kier molecular flexibility index (Phi) is 4.29. The molecule has 4 rings (SSSR count). The summed E-state index contributed by atoms with van der Waals surface area (Å²) in [5, 5.41) is 5.13. The monoisotopic (exact) mass is 384 g/mol. The van der Waals surface area contributed by atoms with Crippen LogP contribution < -0.4 is 15.1 Å². The standard InChI is InChI=1S/C19H13ClN2O5/c1-24-12-4-5-13(16(9-12)25-2)17-21-18(27-22-17)14-8-10-7-11(20)3-6-15(10)26-19(14)23/h3-9H,1-2H3. The van der Waals surface area contributed by atoms with Gasteiger partial charge in [0.1, 0.15) is 22.6 Å². The van der Waals surface area contributed by atoms with Crippen molar-refractivity contribution in [1.29, 1.82) is 0 Å². The predicted octanol–water partition coefficient (Wildman–Crippen LogP) is 4.18. The van der Waals surface area contributed by atoms with Crippen molar-refractivity contribution in [3.05, 3.63) is 57.9 Å². The van der Waals surface area contributed by atoms with E-state index < -0.39 is 5.63 Å². The van der Waals surface area contributed by atoms with Crippen LogP contribution in [0.5, 0.6) is 11.5 Å². The van der Waals surface area contributed by atoms with Crippen molar-refractivity contribution in [2.75, 3.05) is 14.2 Å². The first kappa shape index (κ1) is 17.1. The molecule has 0 radical (unpaired) electrons. The molecule has 0 spiro atoms. The highest BCUT2D eigenvalue weighted by Crippen LogP contribution is 2.32. The van der Waals surface area contributed by atoms with E-state index in [2.05, 4.69) is 10.1 Å². The largest absolute Gasteiger partial charge is 0.497 e. The van der Waals surface area contributed by atoms with Crippen LogP contribution in [0.3, 0.4) is 0 Å². The van der Waals surface area contributed by atoms with Crippen molar-refractivity contribution in [2.24, 2.45) is 0 Å². The summed E-state index contributed by atoms with van der Waals surface area (Å²) in [6, 6.07) is 11.8. The van der Waals surface area contributed by atoms with E-state index in [-0.39, 0.29) is 17.3 Å². The Morgan fingerprint density at radius 2 is 1.85 bits per heavy atom. The Morgan fingerprint density at radius 1 is 1.00 bits per heavy atom. The molecule has 0 bridgehead atoms. The summed E-state index contributed by atoms with van der Waals surface area (Å²) in [7, 11) is 3.09. The van der Waals surface area contributed by atoms with Gasteiger partial charge in [-0.2, -0.15) is 4.98 Å². The Morgan fingerprint density at radius 3 is 2.63 bits per heavy atom. The summed E-state index contributed by atoms with van der Waals surface area (Å²) >= 11 is 6.00. The molecule has 136 valence electrons. The molecule has 0 aliphatic carbocycles. The minimum absolute atomic E-state index is 0.0403. The van der Waals surface area contributed by atoms with Crippen molar-refractivity contribution >= 4 is 22.6 Å². The SMILES string of the molecule is COc1ccc(-c2noc(-c3cc4cc(Cl)ccc4oc3=O)n2)c(OC)c1. The van der Waals surface area contributed by atoms with Crippen molar-refractivity contribution in [1.82, 2.24) is 10.1 Å². The minimum Gasteiger partial charge on any atom is -0.497 e. The van der Waals surface area contributed by atoms with Crippen LogP contribution in [0.25, 0.3) is 33.8 Å². The fourth-order valence-corrected chi connectivity index (χ4v) is 2.85. The normalized spacial score (nSPS) is 10.9. The lowest BCUT2D eigenvalue weighted by molar-refractivity contribution is 0.394. The molecule has 0 aliphatic heterocycles. The lowest BCUT2D eigenvalue weighted by Gasteiger charge is -2.07. The summed E-state index contributed by atoms with van der Waals surface area (Å²) < 4.78 is 21.1. The average molecular weight is 385 g/mol. The second-order valence-electron chi connectivity index (χ2n) is 5.62. The third kappa shape index (κ3) is 3.13. The van der Waals surface area contributed by atoms with Crippen LogP contribution in [0.4, 0.5) is 0 Å². The molecule has 0 aliphatic rings. The molecule has 4 aromatic rings. The van der Waals surface area contributed by atoms with Gasteiger partial charge >= 0.3 is 5.63 Å². The molecule has 0 atom stereocenters. The number of nitrogens with zero attached hydrogens (tertiary/aromatic N) is 2. The lowest BCUT2D eigenvalue weighted by atomic mass is 10.1. The van der Waals surface area contributed by atoms with Crippen LogP contribution in [0, 0.1) is 0 Å². The van der Waals surface area contributed by atoms with E-state index in [0.29, 0.717) is 33.1 Å². The number of aromatic nitrogens is 2. The van der Waals surface area contributed by atoms with Gasteiger partial charge in [-0.3, -0.25) is 0 Å². The van der Waals surface area contributed by atoms with Crippen LogP contribution in [-0.4, -0.2) is 24.4 Å². The van der Waals surface area contributed by atoms with Crippen LogP contribution >= 0.6 is 11.6 Å². The molecular formula is C19H13ClN2O5. The number of fused-ring (bicyclic) bond motifs is 1. The summed E-state index contributed by atoms with van der Waals surface area (Å²) in [6.45, 7) is 0. The van der Waals surface area contributed by atoms with E-state index in [1.807, 2.05) is 0 Å². The van der Waals surface area contributed by atoms with E-state index in [4.69, 9.17) is 30.0 Å². The van der Waals surface area contributed by atoms with Gasteiger partial charge in [-0.15, -0.1) is 0 Å². The quantitative estimate of drug-likeness (QED) is 0.487. The first-order valence-corrected chi connectivity index (χ1v) is 8.27. The van der Waals surface area contributed by atoms with Gasteiger partial charge in [-0.05, 0) is 36.4 Å². The Labute approximate surface area is 158 Å². The zero-order valence-electron chi connectivity index (χ0n) is 14.4. The molecule has 2 aromatic carbocycles. The molecule has 2 aromatic heterocycles. The van der Waals surface area contributed by atoms with Gasteiger partial charge in [-0.25, -0.2) is 4.79 Å². The van der Waals surface area contributed by atoms with Gasteiger partial charge < -0.3 is 18.4 Å². The van der Waals surface area contributed by atoms with E-state index >= 15 is 0 Å². The molecule has 0 saturated carbocycles. The highest BCUT2D eigenvalue weighted by molar-refractivity contribution is 6.31. The van der Waals surface area contributed by atoms with Crippen LogP contribution in [0.1, 0.15) is 0 Å². The molecule has 0 N–H and O–H groups in total. The number of halogens is 1. The second kappa shape index (κ2) is 6.77. The molecule has 0 fully saturated rings. The van der Waals surface area contributed by atoms with Gasteiger partial charge in [0.25, 0.3) is 5.89 Å². The Hall–Kier alpha value is -3.32. The molecule has 27 heavy (non-hydrogen) atoms. The van der Waals surface area contributed by atoms with E-state index in [0.717, 1.165) is 0 Å². The van der Waals surface area contributed by atoms with Crippen LogP contribution in [0.2, 0.25) is 5.02 Å². The Bertz CT molecular complexity index is 1200. The zero-order valence-corrected chi connectivity index (χ0v) is 15.1. The van der Waals surface area contributed by atoms with Crippen molar-refractivity contribution < 1.29 is 18.4 Å². The molecule has 7 nitrogen and oxygen atoms in total. The molecule has 0 amide bonds. The number of benzene rings is 2. The number of ether oxygens (including phenoxy) is 2. The summed E-state index contributed by atoms with van der Waals surface area (Å²) in [5.74, 6) is 1.46. The van der Waals surface area contributed by atoms with Crippen LogP contribution in [-0.2, 0) is 0 Å². The maximum atomic E-state index is 12.3. The first-order valence-electron chi connectivity index (χ1n) is 7.89. The maximum absolute atomic E-state index is 12.3. The summed E-state index contributed by atoms with van der Waals surface area (Å²) in [5.41, 5.74) is 0.587. The van der Waals surface area contributed by atoms with E-state index in [1.165, 1.54) is 7.11 Å². The average Bonchev–Trinajstić information content (AvgIpc) is 3.16. The van der Waals surface area contributed by atoms with E-state index in [9.17, 15) is 4.79 Å². The number of hydrogen-bond acceptors (Lipinski definition) is 7. The Balaban J connectivity index is 1.80. The summed E-state index contributed by atoms with van der Waals surface area (Å²) in [6.07, 6.45) is 0. The van der Waals surface area contributed by atoms with Crippen LogP contribution in [0.15, 0.2) is 56.2 Å². The molecule has 8 heteroatoms. The zero-order chi connectivity index (χ0) is 19.0. The fraction of sp³-hybridized carbons (Fsp3) is 0.105. The maximum Gasteiger partial charge on any atom is 0.349 e. The minimum atomic E-state index is -0.582. The summed E-state index contributed by atoms with van der Waals surface area (Å²) in [4.78, 5) is 16.6. The third-order valence-electron chi connectivity index (χ3n) is 4.00. The van der Waals surface area contributed by atoms with Crippen molar-refractivity contribution in [2.45, 2.75) is 0 Å². The smallest absolute Gasteiger partial charge is 0.349 e. The first-order chi connectivity index (χ1) is 13.1. The highest BCUT2D eigenvalue weighted by atomic mass is 35.5. The van der Waals surface area contributed by atoms with Gasteiger partial charge in [0.05, 0.1) is 19.8 Å². The predicted molar refractivity (Wildman–Crippen MR) is 99.3 cm³/mol. The fourth-order valence-electron chi connectivity index (χ4n) is 2.67. The number of methoxy groups -OCH3 is 2. The number of hydrogen-bond donors (Lipinski definition) is 0. The van der Waals surface area contributed by atoms with Gasteiger partial charge in [0.15, 0.2) is 0 Å². The highest BCUT2D eigenvalue weighted by Gasteiger charge is 2.18. The second-order valence-corrected chi connectivity index (χ2v) is 6.06. The van der Waals surface area contributed by atoms with Crippen molar-refractivity contribution in [3.63, 3.8) is 0 Å². The van der Waals surface area contributed by atoms with Gasteiger partial charge in [-0.1, -0.05) is 16.8 Å². The van der Waals surface area contributed by atoms with E-state index in [1.54, 1.807) is 49.6 Å². The number of rotatable bonds is 4. The third-order valence-corrected chi connectivity index (χ3v) is 4.24. The van der Waals surface area contributed by atoms with Gasteiger partial charge in [0.2, 0.25) is 5.82 Å². The molecule has 0 unspecified atom stereocenters.